The minimum Gasteiger partial charge on any atom is -0.494 e. The average molecular weight is 366 g/mol. The van der Waals surface area contributed by atoms with E-state index in [2.05, 4.69) is 55.2 Å². The lowest BCUT2D eigenvalue weighted by Gasteiger charge is -2.06. The molecule has 0 aliphatic rings. The van der Waals surface area contributed by atoms with E-state index in [-0.39, 0.29) is 0 Å². The van der Waals surface area contributed by atoms with Crippen LogP contribution in [0.15, 0.2) is 53.5 Å². The summed E-state index contributed by atoms with van der Waals surface area (Å²) in [5, 5.41) is 0. The molecule has 27 heavy (non-hydrogen) atoms. The third kappa shape index (κ3) is 8.90. The highest BCUT2D eigenvalue weighted by atomic mass is 16.5. The van der Waals surface area contributed by atoms with Crippen molar-refractivity contribution in [3.8, 4) is 5.75 Å². The van der Waals surface area contributed by atoms with E-state index >= 15 is 0 Å². The predicted octanol–water partition coefficient (Wildman–Crippen LogP) is 7.52. The van der Waals surface area contributed by atoms with Crippen LogP contribution in [0.25, 0.3) is 0 Å². The van der Waals surface area contributed by atoms with E-state index in [4.69, 9.17) is 4.74 Å². The summed E-state index contributed by atoms with van der Waals surface area (Å²) >= 11 is 0. The Hall–Kier alpha value is -2.09. The van der Waals surface area contributed by atoms with Gasteiger partial charge in [-0.1, -0.05) is 64.5 Å². The molecule has 2 aromatic carbocycles. The quantitative estimate of drug-likeness (QED) is 0.266. The summed E-state index contributed by atoms with van der Waals surface area (Å²) in [6.45, 7) is 5.29. The second-order valence-electron chi connectivity index (χ2n) is 7.21. The maximum atomic E-state index is 5.83. The number of ether oxygens (including phenoxy) is 1. The topological polar surface area (TPSA) is 21.6 Å². The molecule has 0 spiro atoms. The summed E-state index contributed by atoms with van der Waals surface area (Å²) < 4.78 is 5.83. The molecule has 0 saturated carbocycles. The molecule has 0 radical (unpaired) electrons. The monoisotopic (exact) mass is 365 g/mol. The molecule has 2 aromatic rings. The van der Waals surface area contributed by atoms with Crippen LogP contribution in [0.5, 0.6) is 5.75 Å². The normalized spacial score (nSPS) is 11.2. The Morgan fingerprint density at radius 1 is 0.741 bits per heavy atom. The zero-order chi connectivity index (χ0) is 19.2. The van der Waals surface area contributed by atoms with Crippen LogP contribution < -0.4 is 4.74 Å². The van der Waals surface area contributed by atoms with Gasteiger partial charge < -0.3 is 4.74 Å². The fraction of sp³-hybridized carbons (Fsp3) is 0.480. The zero-order valence-corrected chi connectivity index (χ0v) is 17.1. The van der Waals surface area contributed by atoms with Crippen molar-refractivity contribution in [1.29, 1.82) is 0 Å². The van der Waals surface area contributed by atoms with Gasteiger partial charge in [0.05, 0.1) is 12.3 Å². The standard InChI is InChI=1S/C25H35NO/c1-3-5-7-8-9-10-20-27-25-18-14-23(15-19-25)21-26-24-16-12-22(13-17-24)11-6-4-2/h12-19,21H,3-11,20H2,1-2H3. The molecule has 0 atom stereocenters. The Bertz CT molecular complexity index is 643. The number of rotatable bonds is 13. The second kappa shape index (κ2) is 13.1. The first kappa shape index (κ1) is 21.2. The second-order valence-corrected chi connectivity index (χ2v) is 7.21. The van der Waals surface area contributed by atoms with Crippen LogP contribution in [-0.2, 0) is 6.42 Å². The molecule has 2 heteroatoms. The average Bonchev–Trinajstić information content (AvgIpc) is 2.71. The van der Waals surface area contributed by atoms with Crippen LogP contribution in [0.4, 0.5) is 5.69 Å². The van der Waals surface area contributed by atoms with Crippen LogP contribution in [0.1, 0.15) is 76.3 Å². The number of benzene rings is 2. The van der Waals surface area contributed by atoms with E-state index in [9.17, 15) is 0 Å². The summed E-state index contributed by atoms with van der Waals surface area (Å²) in [5.41, 5.74) is 3.48. The van der Waals surface area contributed by atoms with Crippen LogP contribution >= 0.6 is 0 Å². The van der Waals surface area contributed by atoms with E-state index in [0.717, 1.165) is 36.4 Å². The molecule has 0 amide bonds. The fourth-order valence-electron chi connectivity index (χ4n) is 3.00. The van der Waals surface area contributed by atoms with Gasteiger partial charge in [0.15, 0.2) is 0 Å². The molecule has 0 fully saturated rings. The Kier molecular flexibility index (Phi) is 10.3. The minimum atomic E-state index is 0.809. The number of nitrogens with zero attached hydrogens (tertiary/aromatic N) is 1. The van der Waals surface area contributed by atoms with Gasteiger partial charge in [-0.05, 0) is 66.8 Å². The van der Waals surface area contributed by atoms with Crippen molar-refractivity contribution in [1.82, 2.24) is 0 Å². The maximum Gasteiger partial charge on any atom is 0.119 e. The molecule has 0 N–H and O–H groups in total. The van der Waals surface area contributed by atoms with E-state index in [1.54, 1.807) is 0 Å². The Morgan fingerprint density at radius 2 is 1.41 bits per heavy atom. The molecular weight excluding hydrogens is 330 g/mol. The molecule has 0 unspecified atom stereocenters. The molecule has 0 aromatic heterocycles. The lowest BCUT2D eigenvalue weighted by Crippen LogP contribution is -1.97. The summed E-state index contributed by atoms with van der Waals surface area (Å²) in [6.07, 6.45) is 13.3. The lowest BCUT2D eigenvalue weighted by molar-refractivity contribution is 0.304. The van der Waals surface area contributed by atoms with E-state index in [0.29, 0.717) is 0 Å². The molecule has 0 aliphatic carbocycles. The van der Waals surface area contributed by atoms with Crippen LogP contribution in [0.2, 0.25) is 0 Å². The highest BCUT2D eigenvalue weighted by molar-refractivity contribution is 5.82. The number of unbranched alkanes of at least 4 members (excludes halogenated alkanes) is 6. The van der Waals surface area contributed by atoms with Crippen molar-refractivity contribution in [2.45, 2.75) is 71.6 Å². The van der Waals surface area contributed by atoms with E-state index in [1.165, 1.54) is 50.5 Å². The molecule has 0 aliphatic heterocycles. The number of aliphatic imine (C=N–C) groups is 1. The molecule has 2 rings (SSSR count). The first-order valence-corrected chi connectivity index (χ1v) is 10.7. The van der Waals surface area contributed by atoms with Crippen molar-refractivity contribution in [3.63, 3.8) is 0 Å². The van der Waals surface area contributed by atoms with Gasteiger partial charge in [0.1, 0.15) is 5.75 Å². The third-order valence-electron chi connectivity index (χ3n) is 4.76. The molecule has 0 heterocycles. The highest BCUT2D eigenvalue weighted by Crippen LogP contribution is 2.16. The molecule has 2 nitrogen and oxygen atoms in total. The summed E-state index contributed by atoms with van der Waals surface area (Å²) in [6, 6.07) is 16.8. The number of aryl methyl sites for hydroxylation is 1. The van der Waals surface area contributed by atoms with E-state index in [1.807, 2.05) is 18.3 Å². The van der Waals surface area contributed by atoms with E-state index < -0.39 is 0 Å². The van der Waals surface area contributed by atoms with Gasteiger partial charge in [-0.2, -0.15) is 0 Å². The first-order chi connectivity index (χ1) is 13.3. The summed E-state index contributed by atoms with van der Waals surface area (Å²) in [5.74, 6) is 0.945. The van der Waals surface area contributed by atoms with Gasteiger partial charge in [0.2, 0.25) is 0 Å². The molecule has 0 bridgehead atoms. The van der Waals surface area contributed by atoms with Crippen molar-refractivity contribution in [2.75, 3.05) is 6.61 Å². The van der Waals surface area contributed by atoms with Gasteiger partial charge in [0.25, 0.3) is 0 Å². The van der Waals surface area contributed by atoms with Crippen LogP contribution in [-0.4, -0.2) is 12.8 Å². The largest absolute Gasteiger partial charge is 0.494 e. The van der Waals surface area contributed by atoms with Gasteiger partial charge in [-0.25, -0.2) is 0 Å². The smallest absolute Gasteiger partial charge is 0.119 e. The first-order valence-electron chi connectivity index (χ1n) is 10.7. The highest BCUT2D eigenvalue weighted by Gasteiger charge is 1.96. The van der Waals surface area contributed by atoms with Gasteiger partial charge in [-0.3, -0.25) is 4.99 Å². The summed E-state index contributed by atoms with van der Waals surface area (Å²) in [7, 11) is 0. The Morgan fingerprint density at radius 3 is 2.11 bits per heavy atom. The van der Waals surface area contributed by atoms with Gasteiger partial charge in [0, 0.05) is 6.21 Å². The summed E-state index contributed by atoms with van der Waals surface area (Å²) in [4.78, 5) is 4.57. The number of hydrogen-bond donors (Lipinski definition) is 0. The maximum absolute atomic E-state index is 5.83. The van der Waals surface area contributed by atoms with Crippen LogP contribution in [0, 0.1) is 0 Å². The van der Waals surface area contributed by atoms with Crippen molar-refractivity contribution < 1.29 is 4.74 Å². The number of hydrogen-bond acceptors (Lipinski definition) is 2. The third-order valence-corrected chi connectivity index (χ3v) is 4.76. The predicted molar refractivity (Wildman–Crippen MR) is 118 cm³/mol. The van der Waals surface area contributed by atoms with Gasteiger partial charge >= 0.3 is 0 Å². The van der Waals surface area contributed by atoms with Gasteiger partial charge in [-0.15, -0.1) is 0 Å². The van der Waals surface area contributed by atoms with Crippen molar-refractivity contribution in [2.24, 2.45) is 4.99 Å². The molecule has 0 saturated heterocycles. The fourth-order valence-corrected chi connectivity index (χ4v) is 3.00. The van der Waals surface area contributed by atoms with Crippen molar-refractivity contribution in [3.05, 3.63) is 59.7 Å². The Balaban J connectivity index is 1.72. The van der Waals surface area contributed by atoms with Crippen molar-refractivity contribution >= 4 is 11.9 Å². The van der Waals surface area contributed by atoms with Crippen LogP contribution in [0.3, 0.4) is 0 Å². The zero-order valence-electron chi connectivity index (χ0n) is 17.1. The minimum absolute atomic E-state index is 0.809. The lowest BCUT2D eigenvalue weighted by atomic mass is 10.1. The Labute approximate surface area is 165 Å². The molecule has 146 valence electrons. The molecular formula is C25H35NO. The SMILES string of the molecule is CCCCCCCCOc1ccc(C=Nc2ccc(CCCC)cc2)cc1.